The lowest BCUT2D eigenvalue weighted by atomic mass is 10.0. The summed E-state index contributed by atoms with van der Waals surface area (Å²) >= 11 is 0. The molecular weight excluding hydrogens is 210 g/mol. The summed E-state index contributed by atoms with van der Waals surface area (Å²) in [5, 5.41) is 4.39. The normalized spacial score (nSPS) is 12.7. The van der Waals surface area contributed by atoms with E-state index in [0.29, 0.717) is 0 Å². The molecule has 1 aromatic heterocycles. The van der Waals surface area contributed by atoms with Crippen LogP contribution in [0.2, 0.25) is 0 Å². The highest BCUT2D eigenvalue weighted by Gasteiger charge is 2.14. The Labute approximate surface area is 102 Å². The van der Waals surface area contributed by atoms with Crippen LogP contribution in [0.15, 0.2) is 30.5 Å². The second-order valence-electron chi connectivity index (χ2n) is 4.42. The molecule has 1 unspecified atom stereocenters. The van der Waals surface area contributed by atoms with Gasteiger partial charge in [-0.15, -0.1) is 0 Å². The Morgan fingerprint density at radius 1 is 1.29 bits per heavy atom. The molecule has 0 amide bonds. The summed E-state index contributed by atoms with van der Waals surface area (Å²) < 4.78 is 2.00. The second-order valence-corrected chi connectivity index (χ2v) is 4.42. The van der Waals surface area contributed by atoms with E-state index in [2.05, 4.69) is 43.2 Å². The van der Waals surface area contributed by atoms with E-state index >= 15 is 0 Å². The molecule has 1 atom stereocenters. The van der Waals surface area contributed by atoms with Gasteiger partial charge in [0.25, 0.3) is 0 Å². The average Bonchev–Trinajstić information content (AvgIpc) is 2.73. The fourth-order valence-electron chi connectivity index (χ4n) is 2.00. The summed E-state index contributed by atoms with van der Waals surface area (Å²) in [6, 6.07) is 8.50. The van der Waals surface area contributed by atoms with Crippen molar-refractivity contribution >= 4 is 0 Å². The largest absolute Gasteiger partial charge is 0.324 e. The van der Waals surface area contributed by atoms with Crippen molar-refractivity contribution in [1.82, 2.24) is 9.78 Å². The highest BCUT2D eigenvalue weighted by Crippen LogP contribution is 2.27. The van der Waals surface area contributed by atoms with E-state index in [1.165, 1.54) is 11.1 Å². The van der Waals surface area contributed by atoms with E-state index in [1.54, 1.807) is 0 Å². The molecule has 2 aromatic rings. The molecule has 17 heavy (non-hydrogen) atoms. The van der Waals surface area contributed by atoms with E-state index < -0.39 is 0 Å². The summed E-state index contributed by atoms with van der Waals surface area (Å²) in [7, 11) is 0. The van der Waals surface area contributed by atoms with E-state index in [1.807, 2.05) is 17.8 Å². The molecule has 3 nitrogen and oxygen atoms in total. The minimum atomic E-state index is 0.00611. The molecule has 2 N–H and O–H groups in total. The third kappa shape index (κ3) is 2.24. The van der Waals surface area contributed by atoms with E-state index in [0.717, 1.165) is 17.8 Å². The molecule has 0 aliphatic carbocycles. The van der Waals surface area contributed by atoms with Gasteiger partial charge in [0.05, 0.1) is 11.9 Å². The quantitative estimate of drug-likeness (QED) is 0.879. The third-order valence-corrected chi connectivity index (χ3v) is 2.98. The van der Waals surface area contributed by atoms with Crippen molar-refractivity contribution in [3.63, 3.8) is 0 Å². The molecule has 0 bridgehead atoms. The van der Waals surface area contributed by atoms with E-state index in [9.17, 15) is 0 Å². The lowest BCUT2D eigenvalue weighted by Crippen LogP contribution is -2.07. The van der Waals surface area contributed by atoms with Gasteiger partial charge in [-0.25, -0.2) is 0 Å². The van der Waals surface area contributed by atoms with Gasteiger partial charge in [-0.2, -0.15) is 5.10 Å². The molecule has 1 aromatic carbocycles. The van der Waals surface area contributed by atoms with Gasteiger partial charge in [0.15, 0.2) is 0 Å². The van der Waals surface area contributed by atoms with Crippen LogP contribution in [-0.4, -0.2) is 9.78 Å². The van der Waals surface area contributed by atoms with Gasteiger partial charge < -0.3 is 5.73 Å². The van der Waals surface area contributed by atoms with Gasteiger partial charge in [-0.1, -0.05) is 29.8 Å². The van der Waals surface area contributed by atoms with Gasteiger partial charge in [-0.05, 0) is 20.8 Å². The van der Waals surface area contributed by atoms with Crippen LogP contribution in [-0.2, 0) is 6.54 Å². The van der Waals surface area contributed by atoms with Crippen LogP contribution < -0.4 is 5.73 Å². The summed E-state index contributed by atoms with van der Waals surface area (Å²) in [6.07, 6.45) is 1.88. The number of hydrogen-bond donors (Lipinski definition) is 1. The average molecular weight is 229 g/mol. The Bertz CT molecular complexity index is 495. The zero-order valence-electron chi connectivity index (χ0n) is 10.6. The lowest BCUT2D eigenvalue weighted by molar-refractivity contribution is 0.666. The van der Waals surface area contributed by atoms with Crippen molar-refractivity contribution in [2.45, 2.75) is 33.4 Å². The molecule has 0 aliphatic rings. The number of nitrogens with two attached hydrogens (primary N) is 1. The molecule has 2 rings (SSSR count). The predicted molar refractivity (Wildman–Crippen MR) is 70.7 cm³/mol. The number of aromatic nitrogens is 2. The molecule has 1 heterocycles. The maximum absolute atomic E-state index is 6.00. The highest BCUT2D eigenvalue weighted by atomic mass is 15.3. The molecule has 0 saturated heterocycles. The van der Waals surface area contributed by atoms with E-state index in [4.69, 9.17) is 5.73 Å². The highest BCUT2D eigenvalue weighted by molar-refractivity contribution is 5.64. The first-order chi connectivity index (χ1) is 8.13. The molecule has 0 fully saturated rings. The van der Waals surface area contributed by atoms with Crippen LogP contribution in [0.4, 0.5) is 0 Å². The molecule has 0 spiro atoms. The summed E-state index contributed by atoms with van der Waals surface area (Å²) in [4.78, 5) is 0. The van der Waals surface area contributed by atoms with Crippen molar-refractivity contribution in [2.24, 2.45) is 5.73 Å². The van der Waals surface area contributed by atoms with Gasteiger partial charge in [0.1, 0.15) is 0 Å². The third-order valence-electron chi connectivity index (χ3n) is 2.98. The van der Waals surface area contributed by atoms with Crippen molar-refractivity contribution in [1.29, 1.82) is 0 Å². The molecular formula is C14H19N3. The monoisotopic (exact) mass is 229 g/mol. The topological polar surface area (TPSA) is 43.8 Å². The SMILES string of the molecule is CCn1ncc(C(C)N)c1-c1ccc(C)cc1. The van der Waals surface area contributed by atoms with Crippen molar-refractivity contribution < 1.29 is 0 Å². The Morgan fingerprint density at radius 3 is 2.47 bits per heavy atom. The van der Waals surface area contributed by atoms with Gasteiger partial charge in [0.2, 0.25) is 0 Å². The lowest BCUT2D eigenvalue weighted by Gasteiger charge is -2.10. The molecule has 0 saturated carbocycles. The number of benzene rings is 1. The summed E-state index contributed by atoms with van der Waals surface area (Å²) in [5.74, 6) is 0. The minimum Gasteiger partial charge on any atom is -0.324 e. The fraction of sp³-hybridized carbons (Fsp3) is 0.357. The van der Waals surface area contributed by atoms with Gasteiger partial charge in [0, 0.05) is 23.7 Å². The van der Waals surface area contributed by atoms with E-state index in [-0.39, 0.29) is 6.04 Å². The first-order valence-electron chi connectivity index (χ1n) is 6.01. The molecule has 0 radical (unpaired) electrons. The predicted octanol–water partition coefficient (Wildman–Crippen LogP) is 2.90. The zero-order chi connectivity index (χ0) is 12.4. The summed E-state index contributed by atoms with van der Waals surface area (Å²) in [6.45, 7) is 7.04. The van der Waals surface area contributed by atoms with Crippen LogP contribution in [0.25, 0.3) is 11.3 Å². The second kappa shape index (κ2) is 4.72. The Morgan fingerprint density at radius 2 is 1.94 bits per heavy atom. The first-order valence-corrected chi connectivity index (χ1v) is 6.01. The standard InChI is InChI=1S/C14H19N3/c1-4-17-14(13(9-16-17)11(3)15)12-7-5-10(2)6-8-12/h5-9,11H,4,15H2,1-3H3. The number of nitrogens with zero attached hydrogens (tertiary/aromatic N) is 2. The molecule has 0 aliphatic heterocycles. The van der Waals surface area contributed by atoms with Crippen molar-refractivity contribution in [3.8, 4) is 11.3 Å². The van der Waals surface area contributed by atoms with Gasteiger partial charge in [-0.3, -0.25) is 4.68 Å². The number of aryl methyl sites for hydroxylation is 2. The Hall–Kier alpha value is -1.61. The van der Waals surface area contributed by atoms with Crippen LogP contribution in [0.3, 0.4) is 0 Å². The maximum Gasteiger partial charge on any atom is 0.0729 e. The maximum atomic E-state index is 6.00. The van der Waals surface area contributed by atoms with Crippen LogP contribution in [0.5, 0.6) is 0 Å². The van der Waals surface area contributed by atoms with Crippen LogP contribution in [0, 0.1) is 6.92 Å². The van der Waals surface area contributed by atoms with Crippen molar-refractivity contribution in [2.75, 3.05) is 0 Å². The van der Waals surface area contributed by atoms with Gasteiger partial charge >= 0.3 is 0 Å². The molecule has 90 valence electrons. The van der Waals surface area contributed by atoms with Crippen molar-refractivity contribution in [3.05, 3.63) is 41.6 Å². The fourth-order valence-corrected chi connectivity index (χ4v) is 2.00. The first kappa shape index (κ1) is 11.9. The number of hydrogen-bond acceptors (Lipinski definition) is 2. The Kier molecular flexibility index (Phi) is 3.29. The minimum absolute atomic E-state index is 0.00611. The molecule has 3 heteroatoms. The summed E-state index contributed by atoms with van der Waals surface area (Å²) in [5.41, 5.74) is 10.7. The van der Waals surface area contributed by atoms with Crippen LogP contribution >= 0.6 is 0 Å². The van der Waals surface area contributed by atoms with Crippen LogP contribution in [0.1, 0.15) is 31.0 Å². The Balaban J connectivity index is 2.55. The smallest absolute Gasteiger partial charge is 0.0729 e. The number of rotatable bonds is 3. The zero-order valence-corrected chi connectivity index (χ0v) is 10.6.